The summed E-state index contributed by atoms with van der Waals surface area (Å²) in [7, 11) is 0. The molecule has 2 aromatic rings. The SMILES string of the molecule is CC(C)N1CC(NC(=O)Nc2cccc3c(O)cccc23)CC1=O. The van der Waals surface area contributed by atoms with Crippen LogP contribution in [0.3, 0.4) is 0 Å². The summed E-state index contributed by atoms with van der Waals surface area (Å²) in [6, 6.07) is 10.1. The van der Waals surface area contributed by atoms with Crippen molar-refractivity contribution in [2.45, 2.75) is 32.4 Å². The van der Waals surface area contributed by atoms with Crippen molar-refractivity contribution in [3.63, 3.8) is 0 Å². The summed E-state index contributed by atoms with van der Waals surface area (Å²) in [5, 5.41) is 17.0. The van der Waals surface area contributed by atoms with Crippen molar-refractivity contribution in [3.8, 4) is 5.75 Å². The highest BCUT2D eigenvalue weighted by Crippen LogP contribution is 2.29. The van der Waals surface area contributed by atoms with Crippen LogP contribution in [0, 0.1) is 0 Å². The topological polar surface area (TPSA) is 81.7 Å². The molecule has 1 aliphatic heterocycles. The van der Waals surface area contributed by atoms with Gasteiger partial charge in [0.1, 0.15) is 5.75 Å². The van der Waals surface area contributed by atoms with E-state index in [0.717, 1.165) is 5.39 Å². The monoisotopic (exact) mass is 327 g/mol. The maximum Gasteiger partial charge on any atom is 0.319 e. The lowest BCUT2D eigenvalue weighted by molar-refractivity contribution is -0.129. The summed E-state index contributed by atoms with van der Waals surface area (Å²) in [5.41, 5.74) is 0.617. The number of likely N-dealkylation sites (tertiary alicyclic amines) is 1. The molecule has 126 valence electrons. The Bertz CT molecular complexity index is 788. The minimum atomic E-state index is -0.353. The molecule has 1 fully saturated rings. The number of benzene rings is 2. The number of urea groups is 1. The molecule has 0 radical (unpaired) electrons. The van der Waals surface area contributed by atoms with Gasteiger partial charge in [-0.3, -0.25) is 4.79 Å². The number of nitrogens with one attached hydrogen (secondary N) is 2. The van der Waals surface area contributed by atoms with Crippen molar-refractivity contribution in [2.24, 2.45) is 0 Å². The van der Waals surface area contributed by atoms with Gasteiger partial charge < -0.3 is 20.6 Å². The molecule has 0 aromatic heterocycles. The molecule has 0 bridgehead atoms. The fraction of sp³-hybridized carbons (Fsp3) is 0.333. The molecule has 0 aliphatic carbocycles. The molecule has 1 atom stereocenters. The first-order chi connectivity index (χ1) is 11.5. The molecule has 0 spiro atoms. The van der Waals surface area contributed by atoms with Crippen LogP contribution in [-0.2, 0) is 4.79 Å². The number of hydrogen-bond donors (Lipinski definition) is 3. The Morgan fingerprint density at radius 2 is 1.92 bits per heavy atom. The third-order valence-electron chi connectivity index (χ3n) is 4.26. The fourth-order valence-corrected chi connectivity index (χ4v) is 3.07. The number of carbonyl (C=O) groups excluding carboxylic acids is 2. The van der Waals surface area contributed by atoms with E-state index in [1.807, 2.05) is 19.9 Å². The number of carbonyl (C=O) groups is 2. The highest BCUT2D eigenvalue weighted by atomic mass is 16.3. The third-order valence-corrected chi connectivity index (χ3v) is 4.26. The smallest absolute Gasteiger partial charge is 0.319 e. The van der Waals surface area contributed by atoms with Crippen LogP contribution in [0.5, 0.6) is 5.75 Å². The summed E-state index contributed by atoms with van der Waals surface area (Å²) >= 11 is 0. The Morgan fingerprint density at radius 1 is 1.21 bits per heavy atom. The lowest BCUT2D eigenvalue weighted by Gasteiger charge is -2.21. The van der Waals surface area contributed by atoms with Gasteiger partial charge in [-0.05, 0) is 26.0 Å². The molecular formula is C18H21N3O3. The van der Waals surface area contributed by atoms with Crippen molar-refractivity contribution >= 4 is 28.4 Å². The zero-order chi connectivity index (χ0) is 17.3. The number of phenolic OH excluding ortho intramolecular Hbond substituents is 1. The molecule has 1 saturated heterocycles. The molecule has 0 saturated carbocycles. The van der Waals surface area contributed by atoms with E-state index in [4.69, 9.17) is 0 Å². The molecule has 24 heavy (non-hydrogen) atoms. The van der Waals surface area contributed by atoms with Gasteiger partial charge >= 0.3 is 6.03 Å². The lowest BCUT2D eigenvalue weighted by Crippen LogP contribution is -2.40. The summed E-state index contributed by atoms with van der Waals surface area (Å²) in [4.78, 5) is 25.9. The quantitative estimate of drug-likeness (QED) is 0.810. The van der Waals surface area contributed by atoms with Crippen LogP contribution in [0.1, 0.15) is 20.3 Å². The highest BCUT2D eigenvalue weighted by molar-refractivity contribution is 6.03. The van der Waals surface area contributed by atoms with Gasteiger partial charge in [0.2, 0.25) is 5.91 Å². The van der Waals surface area contributed by atoms with E-state index < -0.39 is 0 Å². The normalized spacial score (nSPS) is 17.5. The minimum Gasteiger partial charge on any atom is -0.507 e. The molecule has 1 heterocycles. The first-order valence-corrected chi connectivity index (χ1v) is 8.03. The number of amides is 3. The molecule has 6 heteroatoms. The van der Waals surface area contributed by atoms with Crippen LogP contribution in [-0.4, -0.2) is 40.6 Å². The second kappa shape index (κ2) is 6.39. The van der Waals surface area contributed by atoms with Crippen molar-refractivity contribution in [1.29, 1.82) is 0 Å². The standard InChI is InChI=1S/C18H21N3O3/c1-11(2)21-10-12(9-17(21)23)19-18(24)20-15-7-3-6-14-13(15)5-4-8-16(14)22/h3-8,11-12,22H,9-10H2,1-2H3,(H2,19,20,24). The third kappa shape index (κ3) is 3.13. The Labute approximate surface area is 140 Å². The molecule has 1 unspecified atom stereocenters. The molecule has 3 amide bonds. The number of phenols is 1. The molecule has 6 nitrogen and oxygen atoms in total. The predicted octanol–water partition coefficient (Wildman–Crippen LogP) is 2.68. The van der Waals surface area contributed by atoms with Crippen LogP contribution in [0.4, 0.5) is 10.5 Å². The van der Waals surface area contributed by atoms with E-state index in [0.29, 0.717) is 24.0 Å². The number of rotatable bonds is 3. The summed E-state index contributed by atoms with van der Waals surface area (Å²) in [5.74, 6) is 0.232. The number of fused-ring (bicyclic) bond motifs is 1. The van der Waals surface area contributed by atoms with Crippen molar-refractivity contribution in [3.05, 3.63) is 36.4 Å². The first kappa shape index (κ1) is 16.1. The Balaban J connectivity index is 1.70. The highest BCUT2D eigenvalue weighted by Gasteiger charge is 2.31. The van der Waals surface area contributed by atoms with Gasteiger partial charge in [0.25, 0.3) is 0 Å². The average molecular weight is 327 g/mol. The largest absolute Gasteiger partial charge is 0.507 e. The van der Waals surface area contributed by atoms with Crippen LogP contribution in [0.2, 0.25) is 0 Å². The van der Waals surface area contributed by atoms with Gasteiger partial charge in [-0.25, -0.2) is 4.79 Å². The molecule has 3 N–H and O–H groups in total. The van der Waals surface area contributed by atoms with E-state index in [1.165, 1.54) is 0 Å². The fourth-order valence-electron chi connectivity index (χ4n) is 3.07. The molecular weight excluding hydrogens is 306 g/mol. The van der Waals surface area contributed by atoms with Crippen molar-refractivity contribution < 1.29 is 14.7 Å². The molecule has 1 aliphatic rings. The first-order valence-electron chi connectivity index (χ1n) is 8.03. The summed E-state index contributed by atoms with van der Waals surface area (Å²) in [6.07, 6.45) is 0.321. The van der Waals surface area contributed by atoms with Gasteiger partial charge in [-0.2, -0.15) is 0 Å². The van der Waals surface area contributed by atoms with Gasteiger partial charge in [0.05, 0.1) is 11.7 Å². The predicted molar refractivity (Wildman–Crippen MR) is 93.0 cm³/mol. The Morgan fingerprint density at radius 3 is 2.62 bits per heavy atom. The van der Waals surface area contributed by atoms with Gasteiger partial charge in [0, 0.05) is 29.8 Å². The maximum atomic E-state index is 12.3. The molecule has 2 aromatic carbocycles. The molecule has 3 rings (SSSR count). The summed E-state index contributed by atoms with van der Waals surface area (Å²) in [6.45, 7) is 4.45. The Hall–Kier alpha value is -2.76. The average Bonchev–Trinajstić information content (AvgIpc) is 2.89. The van der Waals surface area contributed by atoms with Gasteiger partial charge in [-0.15, -0.1) is 0 Å². The lowest BCUT2D eigenvalue weighted by atomic mass is 10.1. The number of aromatic hydroxyl groups is 1. The zero-order valence-electron chi connectivity index (χ0n) is 13.7. The minimum absolute atomic E-state index is 0.0605. The van der Waals surface area contributed by atoms with Crippen LogP contribution >= 0.6 is 0 Å². The van der Waals surface area contributed by atoms with Crippen LogP contribution < -0.4 is 10.6 Å². The zero-order valence-corrected chi connectivity index (χ0v) is 13.7. The number of anilines is 1. The van der Waals surface area contributed by atoms with E-state index in [-0.39, 0.29) is 29.8 Å². The second-order valence-electron chi connectivity index (χ2n) is 6.32. The van der Waals surface area contributed by atoms with E-state index in [1.54, 1.807) is 35.2 Å². The second-order valence-corrected chi connectivity index (χ2v) is 6.32. The maximum absolute atomic E-state index is 12.3. The number of nitrogens with zero attached hydrogens (tertiary/aromatic N) is 1. The van der Waals surface area contributed by atoms with E-state index in [2.05, 4.69) is 10.6 Å². The van der Waals surface area contributed by atoms with Crippen LogP contribution in [0.25, 0.3) is 10.8 Å². The Kier molecular flexibility index (Phi) is 4.29. The van der Waals surface area contributed by atoms with Gasteiger partial charge in [-0.1, -0.05) is 24.3 Å². The van der Waals surface area contributed by atoms with Crippen molar-refractivity contribution in [1.82, 2.24) is 10.2 Å². The van der Waals surface area contributed by atoms with E-state index >= 15 is 0 Å². The van der Waals surface area contributed by atoms with Crippen LogP contribution in [0.15, 0.2) is 36.4 Å². The van der Waals surface area contributed by atoms with Gasteiger partial charge in [0.15, 0.2) is 0 Å². The summed E-state index contributed by atoms with van der Waals surface area (Å²) < 4.78 is 0. The van der Waals surface area contributed by atoms with Crippen molar-refractivity contribution in [2.75, 3.05) is 11.9 Å². The van der Waals surface area contributed by atoms with E-state index in [9.17, 15) is 14.7 Å². The number of hydrogen-bond acceptors (Lipinski definition) is 3.